The van der Waals surface area contributed by atoms with Crippen LogP contribution in [0.25, 0.3) is 85.9 Å². The minimum atomic E-state index is 1.18. The lowest BCUT2D eigenvalue weighted by Gasteiger charge is -2.12. The molecule has 0 bridgehead atoms. The van der Waals surface area contributed by atoms with Gasteiger partial charge < -0.3 is 9.13 Å². The van der Waals surface area contributed by atoms with E-state index >= 15 is 0 Å². The zero-order valence-corrected chi connectivity index (χ0v) is 24.0. The second-order valence-corrected chi connectivity index (χ2v) is 12.4. The van der Waals surface area contributed by atoms with E-state index in [2.05, 4.69) is 155 Å². The number of nitrogens with zero attached hydrogens (tertiary/aromatic N) is 2. The Kier molecular flexibility index (Phi) is 4.63. The van der Waals surface area contributed by atoms with Gasteiger partial charge in [0.15, 0.2) is 0 Å². The summed E-state index contributed by atoms with van der Waals surface area (Å²) >= 11 is 1.88. The van der Waals surface area contributed by atoms with Gasteiger partial charge in [-0.05, 0) is 60.0 Å². The summed E-state index contributed by atoms with van der Waals surface area (Å²) in [5.74, 6) is 0. The fourth-order valence-electron chi connectivity index (χ4n) is 7.32. The molecule has 7 aromatic carbocycles. The molecule has 0 fully saturated rings. The van der Waals surface area contributed by atoms with E-state index in [9.17, 15) is 0 Å². The van der Waals surface area contributed by atoms with Crippen LogP contribution < -0.4 is 0 Å². The van der Waals surface area contributed by atoms with E-state index in [0.29, 0.717) is 0 Å². The topological polar surface area (TPSA) is 9.86 Å². The molecule has 0 N–H and O–H groups in total. The molecule has 3 heteroatoms. The lowest BCUT2D eigenvalue weighted by atomic mass is 10.0. The molecule has 10 rings (SSSR count). The predicted octanol–water partition coefficient (Wildman–Crippen LogP) is 11.4. The van der Waals surface area contributed by atoms with Crippen molar-refractivity contribution >= 4 is 85.9 Å². The van der Waals surface area contributed by atoms with Crippen LogP contribution in [0.5, 0.6) is 0 Å². The Morgan fingerprint density at radius 3 is 1.81 bits per heavy atom. The third-order valence-corrected chi connectivity index (χ3v) is 10.2. The molecule has 200 valence electrons. The first kappa shape index (κ1) is 23.2. The first-order valence-corrected chi connectivity index (χ1v) is 15.5. The SMILES string of the molecule is c1ccc2c(-n3c4ccc(-n5c6ccccc6c6ccccc65)cc4c4c5c(ccc43)sc3ccccc35)cccc2c1. The summed E-state index contributed by atoms with van der Waals surface area (Å²) in [4.78, 5) is 0. The molecule has 0 spiro atoms. The smallest absolute Gasteiger partial charge is 0.0548 e. The first-order valence-electron chi connectivity index (χ1n) is 14.7. The van der Waals surface area contributed by atoms with Crippen molar-refractivity contribution in [2.24, 2.45) is 0 Å². The number of thiophene rings is 1. The van der Waals surface area contributed by atoms with Gasteiger partial charge in [0.1, 0.15) is 0 Å². The van der Waals surface area contributed by atoms with Crippen LogP contribution in [0.4, 0.5) is 0 Å². The number of para-hydroxylation sites is 2. The van der Waals surface area contributed by atoms with Crippen molar-refractivity contribution in [2.45, 2.75) is 0 Å². The Morgan fingerprint density at radius 2 is 1.00 bits per heavy atom. The molecule has 43 heavy (non-hydrogen) atoms. The van der Waals surface area contributed by atoms with Gasteiger partial charge in [-0.3, -0.25) is 0 Å². The van der Waals surface area contributed by atoms with Crippen molar-refractivity contribution in [2.75, 3.05) is 0 Å². The maximum Gasteiger partial charge on any atom is 0.0548 e. The Balaban J connectivity index is 1.40. The van der Waals surface area contributed by atoms with Gasteiger partial charge in [0.05, 0.1) is 27.8 Å². The highest BCUT2D eigenvalue weighted by Gasteiger charge is 2.20. The quantitative estimate of drug-likeness (QED) is 0.198. The van der Waals surface area contributed by atoms with E-state index in [-0.39, 0.29) is 0 Å². The van der Waals surface area contributed by atoms with Crippen molar-refractivity contribution in [3.63, 3.8) is 0 Å². The van der Waals surface area contributed by atoms with Gasteiger partial charge >= 0.3 is 0 Å². The van der Waals surface area contributed by atoms with Crippen molar-refractivity contribution in [1.82, 2.24) is 9.13 Å². The van der Waals surface area contributed by atoms with Gasteiger partial charge in [0, 0.05) is 52.8 Å². The van der Waals surface area contributed by atoms with Crippen molar-refractivity contribution in [3.05, 3.63) is 146 Å². The van der Waals surface area contributed by atoms with E-state index < -0.39 is 0 Å². The minimum absolute atomic E-state index is 1.18. The van der Waals surface area contributed by atoms with Crippen LogP contribution >= 0.6 is 11.3 Å². The van der Waals surface area contributed by atoms with Gasteiger partial charge in [0.25, 0.3) is 0 Å². The fourth-order valence-corrected chi connectivity index (χ4v) is 8.43. The third-order valence-electron chi connectivity index (χ3n) is 9.10. The Morgan fingerprint density at radius 1 is 0.372 bits per heavy atom. The molecule has 3 heterocycles. The Bertz CT molecular complexity index is 2680. The molecule has 0 unspecified atom stereocenters. The largest absolute Gasteiger partial charge is 0.309 e. The number of aromatic nitrogens is 2. The standard InChI is InChI=1S/C40H24N2S/c1-2-12-27-25(10-1)11-9-18-32(27)42-35-21-20-26(41-33-16-6-3-13-28(33)29-14-4-7-17-34(29)41)24-31(35)39-36(42)22-23-38-40(39)30-15-5-8-19-37(30)43-38/h1-24H. The molecule has 10 aromatic rings. The molecule has 0 atom stereocenters. The van der Waals surface area contributed by atoms with Crippen LogP contribution in [0, 0.1) is 0 Å². The van der Waals surface area contributed by atoms with E-state index in [1.54, 1.807) is 0 Å². The van der Waals surface area contributed by atoms with Gasteiger partial charge in [-0.1, -0.05) is 91.0 Å². The average molecular weight is 565 g/mol. The molecule has 2 nitrogen and oxygen atoms in total. The molecule has 0 saturated heterocycles. The normalized spacial score (nSPS) is 12.2. The minimum Gasteiger partial charge on any atom is -0.309 e. The first-order chi connectivity index (χ1) is 21.3. The Labute approximate surface area is 251 Å². The van der Waals surface area contributed by atoms with E-state index in [1.165, 1.54) is 85.9 Å². The summed E-state index contributed by atoms with van der Waals surface area (Å²) in [6, 6.07) is 53.4. The van der Waals surface area contributed by atoms with Gasteiger partial charge in [-0.25, -0.2) is 0 Å². The number of hydrogen-bond donors (Lipinski definition) is 0. The van der Waals surface area contributed by atoms with E-state index in [4.69, 9.17) is 0 Å². The molecule has 0 aliphatic carbocycles. The van der Waals surface area contributed by atoms with Gasteiger partial charge in [0.2, 0.25) is 0 Å². The van der Waals surface area contributed by atoms with Crippen LogP contribution in [0.1, 0.15) is 0 Å². The van der Waals surface area contributed by atoms with E-state index in [0.717, 1.165) is 0 Å². The third kappa shape index (κ3) is 3.12. The fraction of sp³-hybridized carbons (Fsp3) is 0. The predicted molar refractivity (Wildman–Crippen MR) is 186 cm³/mol. The van der Waals surface area contributed by atoms with Crippen LogP contribution in [-0.2, 0) is 0 Å². The number of rotatable bonds is 2. The average Bonchev–Trinajstić information content (AvgIpc) is 3.71. The highest BCUT2D eigenvalue weighted by molar-refractivity contribution is 7.26. The highest BCUT2D eigenvalue weighted by atomic mass is 32.1. The lowest BCUT2D eigenvalue weighted by Crippen LogP contribution is -1.96. The number of fused-ring (bicyclic) bond motifs is 11. The van der Waals surface area contributed by atoms with Crippen LogP contribution in [0.2, 0.25) is 0 Å². The zero-order chi connectivity index (χ0) is 28.1. The lowest BCUT2D eigenvalue weighted by molar-refractivity contribution is 1.17. The second-order valence-electron chi connectivity index (χ2n) is 11.3. The zero-order valence-electron chi connectivity index (χ0n) is 23.2. The molecular weight excluding hydrogens is 541 g/mol. The van der Waals surface area contributed by atoms with Crippen molar-refractivity contribution < 1.29 is 0 Å². The van der Waals surface area contributed by atoms with E-state index in [1.807, 2.05) is 11.3 Å². The summed E-state index contributed by atoms with van der Waals surface area (Å²) in [7, 11) is 0. The molecule has 0 aliphatic heterocycles. The van der Waals surface area contributed by atoms with Crippen LogP contribution in [0.15, 0.2) is 146 Å². The van der Waals surface area contributed by atoms with Crippen LogP contribution in [-0.4, -0.2) is 9.13 Å². The molecule has 0 saturated carbocycles. The molecule has 0 amide bonds. The summed E-state index contributed by atoms with van der Waals surface area (Å²) < 4.78 is 7.56. The number of hydrogen-bond acceptors (Lipinski definition) is 1. The molecular formula is C40H24N2S. The summed E-state index contributed by atoms with van der Waals surface area (Å²) in [5.41, 5.74) is 7.30. The maximum atomic E-state index is 2.48. The highest BCUT2D eigenvalue weighted by Crippen LogP contribution is 2.45. The van der Waals surface area contributed by atoms with Crippen LogP contribution in [0.3, 0.4) is 0 Å². The molecule has 0 radical (unpaired) electrons. The maximum absolute atomic E-state index is 2.48. The van der Waals surface area contributed by atoms with Crippen molar-refractivity contribution in [3.8, 4) is 11.4 Å². The Hall–Kier alpha value is -5.38. The summed E-state index contributed by atoms with van der Waals surface area (Å²) in [5, 5.41) is 10.3. The molecule has 3 aromatic heterocycles. The summed E-state index contributed by atoms with van der Waals surface area (Å²) in [6.45, 7) is 0. The number of benzene rings is 7. The van der Waals surface area contributed by atoms with Gasteiger partial charge in [-0.15, -0.1) is 11.3 Å². The second kappa shape index (κ2) is 8.57. The van der Waals surface area contributed by atoms with Gasteiger partial charge in [-0.2, -0.15) is 0 Å². The molecule has 0 aliphatic rings. The van der Waals surface area contributed by atoms with Crippen molar-refractivity contribution in [1.29, 1.82) is 0 Å². The summed E-state index contributed by atoms with van der Waals surface area (Å²) in [6.07, 6.45) is 0. The monoisotopic (exact) mass is 564 g/mol.